The Bertz CT molecular complexity index is 824. The monoisotopic (exact) mass is 299 g/mol. The summed E-state index contributed by atoms with van der Waals surface area (Å²) in [5, 5.41) is 0.0533. The van der Waals surface area contributed by atoms with Gasteiger partial charge in [-0.1, -0.05) is 36.4 Å². The SMILES string of the molecule is O=S(=O)(c1ccccc1)c1[nH]ccc1Oc1ccccc1. The Morgan fingerprint density at radius 2 is 1.43 bits per heavy atom. The van der Waals surface area contributed by atoms with Gasteiger partial charge < -0.3 is 9.72 Å². The van der Waals surface area contributed by atoms with Crippen LogP contribution in [0.5, 0.6) is 11.5 Å². The van der Waals surface area contributed by atoms with Gasteiger partial charge in [-0.25, -0.2) is 8.42 Å². The normalized spacial score (nSPS) is 11.2. The van der Waals surface area contributed by atoms with Crippen molar-refractivity contribution in [2.24, 2.45) is 0 Å². The lowest BCUT2D eigenvalue weighted by atomic mass is 10.3. The zero-order chi connectivity index (χ0) is 14.7. The van der Waals surface area contributed by atoms with Crippen LogP contribution in [0.25, 0.3) is 0 Å². The summed E-state index contributed by atoms with van der Waals surface area (Å²) in [4.78, 5) is 2.98. The first-order valence-corrected chi connectivity index (χ1v) is 7.87. The molecular formula is C16H13NO3S. The minimum Gasteiger partial charge on any atom is -0.454 e. The van der Waals surface area contributed by atoms with Crippen LogP contribution in [0.4, 0.5) is 0 Å². The summed E-state index contributed by atoms with van der Waals surface area (Å²) >= 11 is 0. The molecule has 0 fully saturated rings. The average Bonchev–Trinajstić information content (AvgIpc) is 2.98. The molecule has 3 aromatic rings. The van der Waals surface area contributed by atoms with Crippen molar-refractivity contribution in [1.82, 2.24) is 4.98 Å². The fourth-order valence-electron chi connectivity index (χ4n) is 1.96. The molecular weight excluding hydrogens is 286 g/mol. The number of rotatable bonds is 4. The first-order chi connectivity index (χ1) is 10.2. The van der Waals surface area contributed by atoms with Crippen LogP contribution in [0.15, 0.2) is 82.8 Å². The summed E-state index contributed by atoms with van der Waals surface area (Å²) in [6.45, 7) is 0. The molecule has 0 aliphatic heterocycles. The van der Waals surface area contributed by atoms with E-state index in [0.29, 0.717) is 5.75 Å². The van der Waals surface area contributed by atoms with Gasteiger partial charge >= 0.3 is 0 Å². The number of sulfone groups is 1. The molecule has 1 heterocycles. The van der Waals surface area contributed by atoms with E-state index in [-0.39, 0.29) is 15.7 Å². The molecule has 0 saturated heterocycles. The lowest BCUT2D eigenvalue weighted by molar-refractivity contribution is 0.467. The molecule has 0 aliphatic rings. The molecule has 1 N–H and O–H groups in total. The minimum atomic E-state index is -3.63. The number of hydrogen-bond acceptors (Lipinski definition) is 3. The molecule has 0 spiro atoms. The Morgan fingerprint density at radius 1 is 0.810 bits per heavy atom. The molecule has 21 heavy (non-hydrogen) atoms. The first kappa shape index (κ1) is 13.5. The van der Waals surface area contributed by atoms with E-state index in [1.165, 1.54) is 0 Å². The first-order valence-electron chi connectivity index (χ1n) is 6.38. The molecule has 0 unspecified atom stereocenters. The highest BCUT2D eigenvalue weighted by atomic mass is 32.2. The highest BCUT2D eigenvalue weighted by Gasteiger charge is 2.23. The van der Waals surface area contributed by atoms with Gasteiger partial charge in [0.25, 0.3) is 0 Å². The number of aromatic nitrogens is 1. The highest BCUT2D eigenvalue weighted by Crippen LogP contribution is 2.31. The van der Waals surface area contributed by atoms with Crippen LogP contribution >= 0.6 is 0 Å². The summed E-state index contributed by atoms with van der Waals surface area (Å²) in [6, 6.07) is 18.9. The van der Waals surface area contributed by atoms with Crippen LogP contribution in [0.3, 0.4) is 0 Å². The van der Waals surface area contributed by atoms with Gasteiger partial charge in [-0.05, 0) is 30.3 Å². The van der Waals surface area contributed by atoms with Crippen molar-refractivity contribution >= 4 is 9.84 Å². The van der Waals surface area contributed by atoms with Crippen LogP contribution in [-0.4, -0.2) is 13.4 Å². The number of H-pyrrole nitrogens is 1. The van der Waals surface area contributed by atoms with Crippen LogP contribution in [0.2, 0.25) is 0 Å². The van der Waals surface area contributed by atoms with Gasteiger partial charge in [-0.3, -0.25) is 0 Å². The Morgan fingerprint density at radius 3 is 2.10 bits per heavy atom. The zero-order valence-electron chi connectivity index (χ0n) is 11.1. The summed E-state index contributed by atoms with van der Waals surface area (Å²) in [7, 11) is -3.63. The average molecular weight is 299 g/mol. The Balaban J connectivity index is 2.00. The van der Waals surface area contributed by atoms with E-state index >= 15 is 0 Å². The second-order valence-electron chi connectivity index (χ2n) is 4.40. The van der Waals surface area contributed by atoms with Crippen molar-refractivity contribution in [2.45, 2.75) is 9.92 Å². The van der Waals surface area contributed by atoms with Gasteiger partial charge in [-0.15, -0.1) is 0 Å². The summed E-state index contributed by atoms with van der Waals surface area (Å²) in [5.41, 5.74) is 0. The molecule has 2 aromatic carbocycles. The molecule has 4 nitrogen and oxygen atoms in total. The maximum Gasteiger partial charge on any atom is 0.225 e. The van der Waals surface area contributed by atoms with Gasteiger partial charge in [0.05, 0.1) is 4.90 Å². The van der Waals surface area contributed by atoms with Crippen LogP contribution < -0.4 is 4.74 Å². The van der Waals surface area contributed by atoms with E-state index in [0.717, 1.165) is 0 Å². The molecule has 106 valence electrons. The standard InChI is InChI=1S/C16H13NO3S/c18-21(19,14-9-5-2-6-10-14)16-15(11-12-17-16)20-13-7-3-1-4-8-13/h1-12,17H. The van der Waals surface area contributed by atoms with Gasteiger partial charge in [-0.2, -0.15) is 0 Å². The molecule has 0 saturated carbocycles. The third kappa shape index (κ3) is 2.68. The number of ether oxygens (including phenoxy) is 1. The summed E-state index contributed by atoms with van der Waals surface area (Å²) in [6.07, 6.45) is 1.55. The van der Waals surface area contributed by atoms with Gasteiger partial charge in [0.15, 0.2) is 10.8 Å². The summed E-state index contributed by atoms with van der Waals surface area (Å²) in [5.74, 6) is 0.867. The zero-order valence-corrected chi connectivity index (χ0v) is 11.9. The second-order valence-corrected chi connectivity index (χ2v) is 6.29. The maximum absolute atomic E-state index is 12.6. The summed E-state index contributed by atoms with van der Waals surface area (Å²) < 4.78 is 30.8. The quantitative estimate of drug-likeness (QED) is 0.800. The second kappa shape index (κ2) is 5.46. The predicted molar refractivity (Wildman–Crippen MR) is 79.2 cm³/mol. The number of hydrogen-bond donors (Lipinski definition) is 1. The van der Waals surface area contributed by atoms with Gasteiger partial charge in [0, 0.05) is 6.20 Å². The largest absolute Gasteiger partial charge is 0.454 e. The van der Waals surface area contributed by atoms with Crippen LogP contribution in [0, 0.1) is 0 Å². The van der Waals surface area contributed by atoms with E-state index in [2.05, 4.69) is 4.98 Å². The van der Waals surface area contributed by atoms with E-state index in [4.69, 9.17) is 4.74 Å². The number of nitrogens with one attached hydrogen (secondary N) is 1. The highest BCUT2D eigenvalue weighted by molar-refractivity contribution is 7.91. The van der Waals surface area contributed by atoms with Crippen molar-refractivity contribution in [2.75, 3.05) is 0 Å². The molecule has 1 aromatic heterocycles. The lowest BCUT2D eigenvalue weighted by Gasteiger charge is -2.07. The fourth-order valence-corrected chi connectivity index (χ4v) is 3.31. The molecule has 0 amide bonds. The molecule has 5 heteroatoms. The van der Waals surface area contributed by atoms with Crippen molar-refractivity contribution in [3.63, 3.8) is 0 Å². The maximum atomic E-state index is 12.6. The van der Waals surface area contributed by atoms with Gasteiger partial charge in [0.2, 0.25) is 9.84 Å². The van der Waals surface area contributed by atoms with E-state index < -0.39 is 9.84 Å². The predicted octanol–water partition coefficient (Wildman–Crippen LogP) is 3.64. The van der Waals surface area contributed by atoms with Crippen molar-refractivity contribution < 1.29 is 13.2 Å². The minimum absolute atomic E-state index is 0.0533. The fraction of sp³-hybridized carbons (Fsp3) is 0. The molecule has 0 bridgehead atoms. The number of aromatic amines is 1. The Hall–Kier alpha value is -2.53. The van der Waals surface area contributed by atoms with Gasteiger partial charge in [0.1, 0.15) is 5.75 Å². The number of benzene rings is 2. The molecule has 3 rings (SSSR count). The lowest BCUT2D eigenvalue weighted by Crippen LogP contribution is -2.03. The van der Waals surface area contributed by atoms with E-state index in [1.807, 2.05) is 18.2 Å². The van der Waals surface area contributed by atoms with E-state index in [9.17, 15) is 8.42 Å². The smallest absolute Gasteiger partial charge is 0.225 e. The third-order valence-electron chi connectivity index (χ3n) is 2.97. The number of para-hydroxylation sites is 1. The molecule has 0 aliphatic carbocycles. The molecule has 0 radical (unpaired) electrons. The van der Waals surface area contributed by atoms with Crippen LogP contribution in [-0.2, 0) is 9.84 Å². The third-order valence-corrected chi connectivity index (χ3v) is 4.72. The van der Waals surface area contributed by atoms with Crippen molar-refractivity contribution in [3.8, 4) is 11.5 Å². The topological polar surface area (TPSA) is 59.2 Å². The van der Waals surface area contributed by atoms with Crippen molar-refractivity contribution in [1.29, 1.82) is 0 Å². The van der Waals surface area contributed by atoms with Crippen molar-refractivity contribution in [3.05, 3.63) is 72.9 Å². The van der Waals surface area contributed by atoms with Crippen LogP contribution in [0.1, 0.15) is 0 Å². The Labute approximate surface area is 122 Å². The van der Waals surface area contributed by atoms with E-state index in [1.54, 1.807) is 54.7 Å². The molecule has 0 atom stereocenters. The Kier molecular flexibility index (Phi) is 3.50.